The first-order chi connectivity index (χ1) is 14.9. The largest absolute Gasteiger partial charge is 0.455 e. The first-order valence-corrected chi connectivity index (χ1v) is 12.0. The van der Waals surface area contributed by atoms with Gasteiger partial charge < -0.3 is 14.2 Å². The van der Waals surface area contributed by atoms with E-state index in [9.17, 15) is 18.0 Å². The molecule has 2 amide bonds. The Kier molecular flexibility index (Phi) is 6.15. The Balaban J connectivity index is 1.38. The molecule has 0 bridgehead atoms. The van der Waals surface area contributed by atoms with E-state index in [1.807, 2.05) is 30.3 Å². The van der Waals surface area contributed by atoms with Crippen LogP contribution in [0.3, 0.4) is 0 Å². The van der Waals surface area contributed by atoms with Crippen LogP contribution in [0.1, 0.15) is 34.7 Å². The highest BCUT2D eigenvalue weighted by atomic mass is 32.2. The summed E-state index contributed by atoms with van der Waals surface area (Å²) in [4.78, 5) is 28.9. The summed E-state index contributed by atoms with van der Waals surface area (Å²) in [5.74, 6) is -0.0569. The van der Waals surface area contributed by atoms with Crippen LogP contribution >= 0.6 is 0 Å². The molecule has 0 radical (unpaired) electrons. The molecule has 2 fully saturated rings. The highest BCUT2D eigenvalue weighted by molar-refractivity contribution is 7.89. The van der Waals surface area contributed by atoms with Gasteiger partial charge in [-0.3, -0.25) is 9.59 Å². The lowest BCUT2D eigenvalue weighted by molar-refractivity contribution is -0.131. The molecule has 9 heteroatoms. The van der Waals surface area contributed by atoms with Crippen molar-refractivity contribution in [2.45, 2.75) is 31.1 Å². The van der Waals surface area contributed by atoms with Crippen molar-refractivity contribution in [3.8, 4) is 0 Å². The van der Waals surface area contributed by atoms with Crippen LogP contribution in [-0.4, -0.2) is 73.6 Å². The predicted molar refractivity (Wildman–Crippen MR) is 114 cm³/mol. The van der Waals surface area contributed by atoms with E-state index in [0.29, 0.717) is 45.7 Å². The van der Waals surface area contributed by atoms with E-state index in [0.717, 1.165) is 18.4 Å². The van der Waals surface area contributed by atoms with Gasteiger partial charge in [-0.05, 0) is 25.3 Å². The summed E-state index contributed by atoms with van der Waals surface area (Å²) in [6.07, 6.45) is 2.02. The molecule has 8 nitrogen and oxygen atoms in total. The number of hydrogen-bond acceptors (Lipinski definition) is 5. The number of hydrogen-bond donors (Lipinski definition) is 0. The lowest BCUT2D eigenvalue weighted by Crippen LogP contribution is -2.50. The number of carbonyl (C=O) groups is 2. The van der Waals surface area contributed by atoms with Crippen LogP contribution < -0.4 is 0 Å². The molecule has 4 rings (SSSR count). The molecule has 1 aromatic heterocycles. The zero-order chi connectivity index (χ0) is 22.0. The highest BCUT2D eigenvalue weighted by Crippen LogP contribution is 2.27. The average Bonchev–Trinajstić information content (AvgIpc) is 3.45. The van der Waals surface area contributed by atoms with Crippen molar-refractivity contribution in [3.63, 3.8) is 0 Å². The fourth-order valence-electron chi connectivity index (χ4n) is 4.09. The third-order valence-corrected chi connectivity index (χ3v) is 7.89. The number of benzene rings is 1. The number of piperazine rings is 1. The first kappa shape index (κ1) is 21.6. The maximum Gasteiger partial charge on any atom is 0.289 e. The molecular weight excluding hydrogens is 418 g/mol. The monoisotopic (exact) mass is 445 g/mol. The molecule has 3 heterocycles. The minimum absolute atomic E-state index is 0.0272. The lowest BCUT2D eigenvalue weighted by Gasteiger charge is -2.34. The van der Waals surface area contributed by atoms with Crippen LogP contribution in [0, 0.1) is 6.92 Å². The zero-order valence-electron chi connectivity index (χ0n) is 17.6. The summed E-state index contributed by atoms with van der Waals surface area (Å²) in [5, 5.41) is 0. The SMILES string of the molecule is Cc1oc(C(=O)N2CCN(C(=O)Cc3ccccc3)CC2)cc1S(=O)(=O)N1CCCC1. The topological polar surface area (TPSA) is 91.1 Å². The van der Waals surface area contributed by atoms with E-state index in [1.165, 1.54) is 10.4 Å². The van der Waals surface area contributed by atoms with Crippen molar-refractivity contribution in [2.75, 3.05) is 39.3 Å². The van der Waals surface area contributed by atoms with E-state index in [1.54, 1.807) is 16.7 Å². The fourth-order valence-corrected chi connectivity index (χ4v) is 5.77. The van der Waals surface area contributed by atoms with Gasteiger partial charge in [-0.1, -0.05) is 30.3 Å². The van der Waals surface area contributed by atoms with Crippen LogP contribution in [0.2, 0.25) is 0 Å². The van der Waals surface area contributed by atoms with E-state index in [2.05, 4.69) is 0 Å². The third-order valence-electron chi connectivity index (χ3n) is 5.88. The summed E-state index contributed by atoms with van der Waals surface area (Å²) in [7, 11) is -3.65. The minimum Gasteiger partial charge on any atom is -0.455 e. The normalized spacial score (nSPS) is 17.8. The average molecular weight is 446 g/mol. The molecule has 166 valence electrons. The van der Waals surface area contributed by atoms with Gasteiger partial charge in [0, 0.05) is 45.3 Å². The number of furan rings is 1. The number of amides is 2. The molecule has 2 aliphatic rings. The predicted octanol–water partition coefficient (Wildman–Crippen LogP) is 1.90. The second-order valence-corrected chi connectivity index (χ2v) is 9.88. The molecule has 0 N–H and O–H groups in total. The number of rotatable bonds is 5. The first-order valence-electron chi connectivity index (χ1n) is 10.6. The Morgan fingerprint density at radius 1 is 0.935 bits per heavy atom. The van der Waals surface area contributed by atoms with E-state index >= 15 is 0 Å². The standard InChI is InChI=1S/C22H27N3O5S/c1-17-20(31(28,29)25-9-5-6-10-25)16-19(30-17)22(27)24-13-11-23(12-14-24)21(26)15-18-7-3-2-4-8-18/h2-4,7-8,16H,5-6,9-15H2,1H3. The smallest absolute Gasteiger partial charge is 0.289 e. The van der Waals surface area contributed by atoms with Crippen LogP contribution in [0.25, 0.3) is 0 Å². The summed E-state index contributed by atoms with van der Waals surface area (Å²) < 4.78 is 32.7. The minimum atomic E-state index is -3.65. The maximum absolute atomic E-state index is 12.9. The summed E-state index contributed by atoms with van der Waals surface area (Å²) in [5.41, 5.74) is 0.962. The van der Waals surface area contributed by atoms with E-state index in [-0.39, 0.29) is 28.2 Å². The van der Waals surface area contributed by atoms with Crippen molar-refractivity contribution in [1.29, 1.82) is 0 Å². The third kappa shape index (κ3) is 4.52. The Bertz CT molecular complexity index is 1050. The Morgan fingerprint density at radius 2 is 1.55 bits per heavy atom. The van der Waals surface area contributed by atoms with Crippen LogP contribution in [0.4, 0.5) is 0 Å². The number of aryl methyl sites for hydroxylation is 1. The molecule has 31 heavy (non-hydrogen) atoms. The van der Waals surface area contributed by atoms with Gasteiger partial charge in [0.2, 0.25) is 15.9 Å². The Hall–Kier alpha value is -2.65. The molecule has 0 atom stereocenters. The quantitative estimate of drug-likeness (QED) is 0.701. The molecule has 0 spiro atoms. The van der Waals surface area contributed by atoms with Gasteiger partial charge in [0.15, 0.2) is 5.76 Å². The van der Waals surface area contributed by atoms with Gasteiger partial charge in [-0.25, -0.2) is 8.42 Å². The Labute approximate surface area is 182 Å². The van der Waals surface area contributed by atoms with Crippen LogP contribution in [0.15, 0.2) is 45.7 Å². The molecule has 2 aromatic rings. The Morgan fingerprint density at radius 3 is 2.19 bits per heavy atom. The number of sulfonamides is 1. The van der Waals surface area contributed by atoms with Gasteiger partial charge >= 0.3 is 0 Å². The van der Waals surface area contributed by atoms with Crippen molar-refractivity contribution < 1.29 is 22.4 Å². The van der Waals surface area contributed by atoms with Gasteiger partial charge in [0.05, 0.1) is 6.42 Å². The summed E-state index contributed by atoms with van der Waals surface area (Å²) in [6, 6.07) is 10.9. The number of carbonyl (C=O) groups excluding carboxylic acids is 2. The van der Waals surface area contributed by atoms with Crippen molar-refractivity contribution >= 4 is 21.8 Å². The van der Waals surface area contributed by atoms with Gasteiger partial charge in [0.1, 0.15) is 10.7 Å². The molecule has 0 saturated carbocycles. The second kappa shape index (κ2) is 8.84. The fraction of sp³-hybridized carbons (Fsp3) is 0.455. The zero-order valence-corrected chi connectivity index (χ0v) is 18.4. The van der Waals surface area contributed by atoms with Crippen molar-refractivity contribution in [3.05, 3.63) is 53.5 Å². The van der Waals surface area contributed by atoms with Crippen molar-refractivity contribution in [1.82, 2.24) is 14.1 Å². The van der Waals surface area contributed by atoms with Crippen molar-refractivity contribution in [2.24, 2.45) is 0 Å². The van der Waals surface area contributed by atoms with Crippen LogP contribution in [-0.2, 0) is 21.2 Å². The lowest BCUT2D eigenvalue weighted by atomic mass is 10.1. The maximum atomic E-state index is 12.9. The molecule has 0 aliphatic carbocycles. The van der Waals surface area contributed by atoms with Gasteiger partial charge in [0.25, 0.3) is 5.91 Å². The summed E-state index contributed by atoms with van der Waals surface area (Å²) >= 11 is 0. The van der Waals surface area contributed by atoms with Crippen LogP contribution in [0.5, 0.6) is 0 Å². The highest BCUT2D eigenvalue weighted by Gasteiger charge is 2.33. The molecule has 0 unspecified atom stereocenters. The molecule has 2 aliphatic heterocycles. The van der Waals surface area contributed by atoms with Gasteiger partial charge in [-0.2, -0.15) is 4.31 Å². The molecule has 1 aromatic carbocycles. The second-order valence-electron chi connectivity index (χ2n) is 7.98. The number of nitrogens with zero attached hydrogens (tertiary/aromatic N) is 3. The molecule has 2 saturated heterocycles. The molecular formula is C22H27N3O5S. The summed E-state index contributed by atoms with van der Waals surface area (Å²) in [6.45, 7) is 4.21. The van der Waals surface area contributed by atoms with Gasteiger partial charge in [-0.15, -0.1) is 0 Å². The van der Waals surface area contributed by atoms with E-state index in [4.69, 9.17) is 4.42 Å². The van der Waals surface area contributed by atoms with E-state index < -0.39 is 10.0 Å².